The van der Waals surface area contributed by atoms with Gasteiger partial charge in [0.25, 0.3) is 0 Å². The molecule has 0 aromatic heterocycles. The molecule has 1 saturated heterocycles. The fourth-order valence-corrected chi connectivity index (χ4v) is 5.00. The largest absolute Gasteiger partial charge is 0.550 e. The zero-order chi connectivity index (χ0) is 28.4. The fourth-order valence-electron chi connectivity index (χ4n) is 5.00. The second-order valence-corrected chi connectivity index (χ2v) is 10.1. The van der Waals surface area contributed by atoms with Crippen molar-refractivity contribution in [3.63, 3.8) is 0 Å². The van der Waals surface area contributed by atoms with Gasteiger partial charge < -0.3 is 41.0 Å². The van der Waals surface area contributed by atoms with Crippen molar-refractivity contribution in [2.24, 2.45) is 5.92 Å². The van der Waals surface area contributed by atoms with E-state index in [2.05, 4.69) is 16.0 Å². The van der Waals surface area contributed by atoms with E-state index >= 15 is 0 Å². The summed E-state index contributed by atoms with van der Waals surface area (Å²) >= 11 is 0. The topological polar surface area (TPSA) is 205 Å². The van der Waals surface area contributed by atoms with E-state index in [1.807, 2.05) is 0 Å². The number of Topliss-reactive ketones (excluding diaryl/α,β-unsaturated/α-hetero) is 1. The molecule has 13 nitrogen and oxygen atoms in total. The quantitative estimate of drug-likeness (QED) is 0.167. The summed E-state index contributed by atoms with van der Waals surface area (Å²) < 4.78 is 0. The van der Waals surface area contributed by atoms with Crippen molar-refractivity contribution in [3.05, 3.63) is 0 Å². The molecule has 0 aromatic carbocycles. The lowest BCUT2D eigenvalue weighted by Gasteiger charge is -2.30. The van der Waals surface area contributed by atoms with E-state index in [0.29, 0.717) is 0 Å². The molecule has 2 fully saturated rings. The van der Waals surface area contributed by atoms with Gasteiger partial charge in [0, 0.05) is 25.4 Å². The van der Waals surface area contributed by atoms with Gasteiger partial charge in [-0.15, -0.1) is 0 Å². The molecule has 5 unspecified atom stereocenters. The highest BCUT2D eigenvalue weighted by Crippen LogP contribution is 2.27. The van der Waals surface area contributed by atoms with Gasteiger partial charge in [-0.2, -0.15) is 0 Å². The van der Waals surface area contributed by atoms with E-state index in [-0.39, 0.29) is 43.9 Å². The number of β-amino-alcohol motifs (C(OH)–C–C–N with tert-alkyl or cyclic N) is 1. The number of carbonyl (C=O) groups excluding carboxylic acids is 6. The summed E-state index contributed by atoms with van der Waals surface area (Å²) in [5.74, 6) is -4.19. The van der Waals surface area contributed by atoms with Crippen molar-refractivity contribution >= 4 is 35.4 Å². The van der Waals surface area contributed by atoms with E-state index < -0.39 is 66.5 Å². The van der Waals surface area contributed by atoms with Gasteiger partial charge in [0.15, 0.2) is 5.78 Å². The SMILES string of the molecule is CC(=O)C(NC(=O)C(CO)NC(=O)C(C)NC(=O)C1CC(O)CN1C(=O)CCCC(=O)[O-])C1CCCCC1. The molecule has 0 radical (unpaired) electrons. The molecule has 0 spiro atoms. The van der Waals surface area contributed by atoms with Gasteiger partial charge >= 0.3 is 0 Å². The number of aliphatic hydroxyl groups is 2. The summed E-state index contributed by atoms with van der Waals surface area (Å²) in [6, 6.07) is -4.27. The molecular formula is C25H39N4O9-. The number of rotatable bonds is 13. The number of ketones is 1. The van der Waals surface area contributed by atoms with Crippen LogP contribution in [0.4, 0.5) is 0 Å². The monoisotopic (exact) mass is 539 g/mol. The van der Waals surface area contributed by atoms with Crippen LogP contribution in [-0.2, 0) is 28.8 Å². The number of carboxylic acids is 1. The molecule has 38 heavy (non-hydrogen) atoms. The van der Waals surface area contributed by atoms with Gasteiger partial charge in [0.05, 0.1) is 18.8 Å². The van der Waals surface area contributed by atoms with Crippen molar-refractivity contribution in [3.8, 4) is 0 Å². The third kappa shape index (κ3) is 9.05. The molecule has 4 amide bonds. The Bertz CT molecular complexity index is 890. The second-order valence-electron chi connectivity index (χ2n) is 10.1. The highest BCUT2D eigenvalue weighted by Gasteiger charge is 2.39. The van der Waals surface area contributed by atoms with Crippen LogP contribution in [0.25, 0.3) is 0 Å². The molecule has 214 valence electrons. The van der Waals surface area contributed by atoms with Crippen molar-refractivity contribution in [2.45, 2.75) is 102 Å². The Labute approximate surface area is 221 Å². The molecule has 5 N–H and O–H groups in total. The molecule has 2 aliphatic rings. The Balaban J connectivity index is 1.93. The molecule has 0 bridgehead atoms. The van der Waals surface area contributed by atoms with Crippen LogP contribution in [0.15, 0.2) is 0 Å². The van der Waals surface area contributed by atoms with Gasteiger partial charge in [0.1, 0.15) is 18.1 Å². The zero-order valence-corrected chi connectivity index (χ0v) is 21.9. The third-order valence-corrected chi connectivity index (χ3v) is 7.10. The predicted molar refractivity (Wildman–Crippen MR) is 131 cm³/mol. The number of amides is 4. The Morgan fingerprint density at radius 3 is 2.21 bits per heavy atom. The first-order valence-electron chi connectivity index (χ1n) is 13.1. The Morgan fingerprint density at radius 1 is 0.974 bits per heavy atom. The Hall–Kier alpha value is -3.06. The maximum absolute atomic E-state index is 12.8. The number of aliphatic carboxylic acids is 1. The van der Waals surface area contributed by atoms with Gasteiger partial charge in [-0.1, -0.05) is 19.3 Å². The summed E-state index contributed by atoms with van der Waals surface area (Å²) in [6.07, 6.45) is 3.15. The lowest BCUT2D eigenvalue weighted by Crippen LogP contribution is -2.58. The molecular weight excluding hydrogens is 500 g/mol. The van der Waals surface area contributed by atoms with Gasteiger partial charge in [0.2, 0.25) is 23.6 Å². The molecule has 13 heteroatoms. The van der Waals surface area contributed by atoms with Crippen molar-refractivity contribution in [2.75, 3.05) is 13.2 Å². The lowest BCUT2D eigenvalue weighted by atomic mass is 9.82. The van der Waals surface area contributed by atoms with E-state index in [0.717, 1.165) is 37.0 Å². The zero-order valence-electron chi connectivity index (χ0n) is 21.9. The second kappa shape index (κ2) is 14.8. The van der Waals surface area contributed by atoms with Crippen LogP contribution in [0.5, 0.6) is 0 Å². The standard InChI is InChI=1S/C25H40N4O9/c1-14(26-25(38)19-11-17(32)12-29(19)20(33)9-6-10-21(34)35)23(36)27-18(13-30)24(37)28-22(15(2)31)16-7-4-3-5-8-16/h14,16-19,22,30,32H,3-13H2,1-2H3,(H,26,38)(H,27,36)(H,28,37)(H,34,35)/p-1. The Morgan fingerprint density at radius 2 is 1.63 bits per heavy atom. The van der Waals surface area contributed by atoms with Crippen LogP contribution < -0.4 is 21.1 Å². The van der Waals surface area contributed by atoms with Crippen LogP contribution in [0, 0.1) is 5.92 Å². The lowest BCUT2D eigenvalue weighted by molar-refractivity contribution is -0.305. The fraction of sp³-hybridized carbons (Fsp3) is 0.760. The van der Waals surface area contributed by atoms with Crippen molar-refractivity contribution < 1.29 is 44.1 Å². The maximum Gasteiger partial charge on any atom is 0.245 e. The molecule has 1 aliphatic carbocycles. The number of hydrogen-bond acceptors (Lipinski definition) is 9. The molecule has 1 heterocycles. The van der Waals surface area contributed by atoms with Crippen molar-refractivity contribution in [1.82, 2.24) is 20.9 Å². The highest BCUT2D eigenvalue weighted by atomic mass is 16.4. The number of carbonyl (C=O) groups is 6. The number of hydrogen-bond donors (Lipinski definition) is 5. The van der Waals surface area contributed by atoms with Crippen molar-refractivity contribution in [1.29, 1.82) is 0 Å². The number of carboxylic acid groups (broad SMARTS) is 1. The average molecular weight is 540 g/mol. The minimum absolute atomic E-state index is 0.00771. The van der Waals surface area contributed by atoms with Crippen LogP contribution in [0.3, 0.4) is 0 Å². The van der Waals surface area contributed by atoms with Crippen LogP contribution >= 0.6 is 0 Å². The molecule has 1 saturated carbocycles. The van der Waals surface area contributed by atoms with Crippen LogP contribution in [-0.4, -0.2) is 93.9 Å². The van der Waals surface area contributed by atoms with Gasteiger partial charge in [-0.05, 0) is 45.4 Å². The number of nitrogens with one attached hydrogen (secondary N) is 3. The molecule has 5 atom stereocenters. The summed E-state index contributed by atoms with van der Waals surface area (Å²) in [5, 5.41) is 37.8. The summed E-state index contributed by atoms with van der Waals surface area (Å²) in [4.78, 5) is 74.6. The Kier molecular flexibility index (Phi) is 12.1. The number of aliphatic hydroxyl groups excluding tert-OH is 2. The third-order valence-electron chi connectivity index (χ3n) is 7.10. The summed E-state index contributed by atoms with van der Waals surface area (Å²) in [7, 11) is 0. The van der Waals surface area contributed by atoms with Gasteiger partial charge in [-0.25, -0.2) is 0 Å². The van der Waals surface area contributed by atoms with E-state index in [1.165, 1.54) is 13.8 Å². The van der Waals surface area contributed by atoms with E-state index in [9.17, 15) is 44.1 Å². The maximum atomic E-state index is 12.8. The first kappa shape index (κ1) is 31.2. The smallest absolute Gasteiger partial charge is 0.245 e. The molecule has 0 aromatic rings. The average Bonchev–Trinajstić information content (AvgIpc) is 3.27. The van der Waals surface area contributed by atoms with E-state index in [1.54, 1.807) is 0 Å². The minimum atomic E-state index is -1.35. The normalized spacial score (nSPS) is 22.2. The minimum Gasteiger partial charge on any atom is -0.550 e. The number of likely N-dealkylation sites (tertiary alicyclic amines) is 1. The molecule has 2 rings (SSSR count). The first-order chi connectivity index (χ1) is 17.9. The summed E-state index contributed by atoms with van der Waals surface area (Å²) in [6.45, 7) is 1.92. The predicted octanol–water partition coefficient (Wildman–Crippen LogP) is -2.50. The summed E-state index contributed by atoms with van der Waals surface area (Å²) in [5.41, 5.74) is 0. The van der Waals surface area contributed by atoms with Crippen LogP contribution in [0.1, 0.15) is 71.6 Å². The van der Waals surface area contributed by atoms with Gasteiger partial charge in [-0.3, -0.25) is 24.0 Å². The highest BCUT2D eigenvalue weighted by molar-refractivity contribution is 5.95. The molecule has 1 aliphatic heterocycles. The first-order valence-corrected chi connectivity index (χ1v) is 13.1. The van der Waals surface area contributed by atoms with E-state index in [4.69, 9.17) is 0 Å². The number of nitrogens with zero attached hydrogens (tertiary/aromatic N) is 1. The van der Waals surface area contributed by atoms with Crippen LogP contribution in [0.2, 0.25) is 0 Å².